The van der Waals surface area contributed by atoms with Gasteiger partial charge in [-0.1, -0.05) is 56.7 Å². The number of ether oxygens (including phenoxy) is 2. The number of rotatable bonds is 15. The van der Waals surface area contributed by atoms with E-state index in [0.29, 0.717) is 24.5 Å². The van der Waals surface area contributed by atoms with E-state index in [-0.39, 0.29) is 23.0 Å². The van der Waals surface area contributed by atoms with Gasteiger partial charge >= 0.3 is 0 Å². The third-order valence-electron chi connectivity index (χ3n) is 6.92. The molecule has 0 aromatic heterocycles. The van der Waals surface area contributed by atoms with E-state index in [0.717, 1.165) is 28.3 Å². The molecule has 3 aromatic carbocycles. The second-order valence-corrected chi connectivity index (χ2v) is 11.8. The molecule has 0 aliphatic heterocycles. The Balaban J connectivity index is 2.10. The number of hydrogen-bond donors (Lipinski definition) is 1. The highest BCUT2D eigenvalue weighted by atomic mass is 32.2. The minimum Gasteiger partial charge on any atom is -0.497 e. The topological polar surface area (TPSA) is 105 Å². The molecule has 0 bridgehead atoms. The number of carbonyl (C=O) groups excluding carboxylic acids is 2. The molecule has 226 valence electrons. The van der Waals surface area contributed by atoms with Gasteiger partial charge in [0.2, 0.25) is 11.8 Å². The maximum Gasteiger partial charge on any atom is 0.264 e. The number of methoxy groups -OCH3 is 2. The van der Waals surface area contributed by atoms with Gasteiger partial charge in [0.25, 0.3) is 10.0 Å². The van der Waals surface area contributed by atoms with E-state index in [1.165, 1.54) is 24.1 Å². The minimum atomic E-state index is -4.20. The Kier molecular flexibility index (Phi) is 11.8. The molecule has 42 heavy (non-hydrogen) atoms. The summed E-state index contributed by atoms with van der Waals surface area (Å²) in [6.45, 7) is 5.73. The molecule has 0 heterocycles. The quantitative estimate of drug-likeness (QED) is 0.250. The number of hydrogen-bond acceptors (Lipinski definition) is 6. The van der Waals surface area contributed by atoms with E-state index in [2.05, 4.69) is 5.32 Å². The van der Waals surface area contributed by atoms with Crippen LogP contribution in [-0.4, -0.2) is 58.5 Å². The Bertz CT molecular complexity index is 1450. The zero-order valence-electron chi connectivity index (χ0n) is 25.0. The first kappa shape index (κ1) is 32.5. The summed E-state index contributed by atoms with van der Waals surface area (Å²) >= 11 is 0. The predicted octanol–water partition coefficient (Wildman–Crippen LogP) is 4.93. The number of amides is 2. The van der Waals surface area contributed by atoms with Crippen LogP contribution in [0.5, 0.6) is 11.5 Å². The van der Waals surface area contributed by atoms with Crippen molar-refractivity contribution in [1.82, 2.24) is 10.2 Å². The van der Waals surface area contributed by atoms with Crippen LogP contribution in [0.3, 0.4) is 0 Å². The lowest BCUT2D eigenvalue weighted by Crippen LogP contribution is -2.52. The number of nitrogens with zero attached hydrogens (tertiary/aromatic N) is 2. The molecule has 9 nitrogen and oxygen atoms in total. The molecule has 0 saturated carbocycles. The van der Waals surface area contributed by atoms with Crippen LogP contribution in [0.15, 0.2) is 77.7 Å². The van der Waals surface area contributed by atoms with Crippen molar-refractivity contribution in [3.63, 3.8) is 0 Å². The first-order valence-corrected chi connectivity index (χ1v) is 15.5. The number of carbonyl (C=O) groups is 2. The van der Waals surface area contributed by atoms with Gasteiger partial charge in [-0.15, -0.1) is 0 Å². The van der Waals surface area contributed by atoms with E-state index in [1.54, 1.807) is 55.6 Å². The van der Waals surface area contributed by atoms with Crippen LogP contribution in [0, 0.1) is 6.92 Å². The van der Waals surface area contributed by atoms with E-state index in [9.17, 15) is 18.0 Å². The standard InChI is InChI=1S/C32H41N3O6S/c1-6-8-19-33-32(37)28(7-2)34(22-25-13-12-14-26(21-25)40-4)31(36)23-35(29-20-24(3)17-18-30(29)41-5)42(38,39)27-15-10-9-11-16-27/h9-18,20-21,28H,6-8,19,22-23H2,1-5H3,(H,33,37). The Morgan fingerprint density at radius 1 is 0.929 bits per heavy atom. The normalized spacial score (nSPS) is 11.8. The van der Waals surface area contributed by atoms with Crippen molar-refractivity contribution in [2.75, 3.05) is 31.6 Å². The molecule has 0 spiro atoms. The highest BCUT2D eigenvalue weighted by molar-refractivity contribution is 7.92. The van der Waals surface area contributed by atoms with Gasteiger partial charge in [0.15, 0.2) is 0 Å². The molecule has 0 saturated heterocycles. The molecule has 10 heteroatoms. The molecular formula is C32H41N3O6S. The monoisotopic (exact) mass is 595 g/mol. The fourth-order valence-corrected chi connectivity index (χ4v) is 6.06. The SMILES string of the molecule is CCCCNC(=O)C(CC)N(Cc1cccc(OC)c1)C(=O)CN(c1cc(C)ccc1OC)S(=O)(=O)c1ccccc1. The average molecular weight is 596 g/mol. The van der Waals surface area contributed by atoms with Crippen LogP contribution in [0.2, 0.25) is 0 Å². The molecule has 0 aliphatic carbocycles. The van der Waals surface area contributed by atoms with Crippen LogP contribution in [0.1, 0.15) is 44.2 Å². The number of nitrogens with one attached hydrogen (secondary N) is 1. The third kappa shape index (κ3) is 8.03. The molecule has 1 N–H and O–H groups in total. The Morgan fingerprint density at radius 2 is 1.67 bits per heavy atom. The van der Waals surface area contributed by atoms with Gasteiger partial charge in [-0.2, -0.15) is 0 Å². The van der Waals surface area contributed by atoms with Gasteiger partial charge in [0.05, 0.1) is 24.8 Å². The molecule has 0 radical (unpaired) electrons. The zero-order chi connectivity index (χ0) is 30.7. The summed E-state index contributed by atoms with van der Waals surface area (Å²) < 4.78 is 40.1. The summed E-state index contributed by atoms with van der Waals surface area (Å²) in [5.74, 6) is 0.0981. The number of anilines is 1. The van der Waals surface area contributed by atoms with Crippen molar-refractivity contribution in [2.24, 2.45) is 0 Å². The van der Waals surface area contributed by atoms with Crippen LogP contribution in [-0.2, 0) is 26.2 Å². The van der Waals surface area contributed by atoms with Crippen molar-refractivity contribution in [2.45, 2.75) is 57.5 Å². The largest absolute Gasteiger partial charge is 0.497 e. The smallest absolute Gasteiger partial charge is 0.264 e. The number of unbranched alkanes of at least 4 members (excludes halogenated alkanes) is 1. The molecule has 0 aliphatic rings. The van der Waals surface area contributed by atoms with Crippen molar-refractivity contribution in [3.8, 4) is 11.5 Å². The summed E-state index contributed by atoms with van der Waals surface area (Å²) in [5.41, 5.74) is 1.77. The molecule has 3 aromatic rings. The summed E-state index contributed by atoms with van der Waals surface area (Å²) in [7, 11) is -1.19. The van der Waals surface area contributed by atoms with E-state index in [4.69, 9.17) is 9.47 Å². The lowest BCUT2D eigenvalue weighted by molar-refractivity contribution is -0.140. The average Bonchev–Trinajstić information content (AvgIpc) is 3.00. The second-order valence-electron chi connectivity index (χ2n) is 9.94. The van der Waals surface area contributed by atoms with Crippen molar-refractivity contribution in [1.29, 1.82) is 0 Å². The van der Waals surface area contributed by atoms with E-state index >= 15 is 0 Å². The molecule has 3 rings (SSSR count). The highest BCUT2D eigenvalue weighted by Crippen LogP contribution is 2.34. The van der Waals surface area contributed by atoms with Gasteiger partial charge in [0.1, 0.15) is 24.1 Å². The Labute approximate surface area is 249 Å². The Morgan fingerprint density at radius 3 is 2.31 bits per heavy atom. The van der Waals surface area contributed by atoms with Gasteiger partial charge in [0, 0.05) is 13.1 Å². The molecule has 1 atom stereocenters. The second kappa shape index (κ2) is 15.3. The molecule has 1 unspecified atom stereocenters. The van der Waals surface area contributed by atoms with Gasteiger partial charge in [-0.3, -0.25) is 13.9 Å². The predicted molar refractivity (Wildman–Crippen MR) is 164 cm³/mol. The van der Waals surface area contributed by atoms with E-state index < -0.39 is 28.5 Å². The first-order chi connectivity index (χ1) is 20.2. The lowest BCUT2D eigenvalue weighted by atomic mass is 10.1. The van der Waals surface area contributed by atoms with E-state index in [1.807, 2.05) is 32.9 Å². The van der Waals surface area contributed by atoms with Crippen LogP contribution in [0.4, 0.5) is 5.69 Å². The van der Waals surface area contributed by atoms with Crippen LogP contribution in [0.25, 0.3) is 0 Å². The fourth-order valence-electron chi connectivity index (χ4n) is 4.62. The van der Waals surface area contributed by atoms with Crippen molar-refractivity contribution < 1.29 is 27.5 Å². The number of aryl methyl sites for hydroxylation is 1. The van der Waals surface area contributed by atoms with Gasteiger partial charge in [-0.25, -0.2) is 8.42 Å². The van der Waals surface area contributed by atoms with Crippen LogP contribution >= 0.6 is 0 Å². The Hall–Kier alpha value is -4.05. The maximum atomic E-state index is 14.3. The van der Waals surface area contributed by atoms with Gasteiger partial charge < -0.3 is 19.7 Å². The van der Waals surface area contributed by atoms with Crippen LogP contribution < -0.4 is 19.1 Å². The van der Waals surface area contributed by atoms with Gasteiger partial charge in [-0.05, 0) is 67.3 Å². The molecule has 0 fully saturated rings. The van der Waals surface area contributed by atoms with Crippen molar-refractivity contribution >= 4 is 27.5 Å². The number of benzene rings is 3. The molecule has 2 amide bonds. The summed E-state index contributed by atoms with van der Waals surface area (Å²) in [5, 5.41) is 2.94. The fraction of sp³-hybridized carbons (Fsp3) is 0.375. The summed E-state index contributed by atoms with van der Waals surface area (Å²) in [4.78, 5) is 29.1. The maximum absolute atomic E-state index is 14.3. The summed E-state index contributed by atoms with van der Waals surface area (Å²) in [6.07, 6.45) is 2.06. The van der Waals surface area contributed by atoms with Crippen molar-refractivity contribution in [3.05, 3.63) is 83.9 Å². The summed E-state index contributed by atoms with van der Waals surface area (Å²) in [6, 6.07) is 19.5. The molecular weight excluding hydrogens is 554 g/mol. The third-order valence-corrected chi connectivity index (χ3v) is 8.69. The number of sulfonamides is 1. The zero-order valence-corrected chi connectivity index (χ0v) is 25.8. The first-order valence-electron chi connectivity index (χ1n) is 14.1. The highest BCUT2D eigenvalue weighted by Gasteiger charge is 2.34. The lowest BCUT2D eigenvalue weighted by Gasteiger charge is -2.33. The minimum absolute atomic E-state index is 0.0325.